The van der Waals surface area contributed by atoms with Crippen LogP contribution in [0.4, 0.5) is 5.82 Å². The first-order valence-corrected chi connectivity index (χ1v) is 5.19. The van der Waals surface area contributed by atoms with E-state index in [0.717, 1.165) is 0 Å². The third kappa shape index (κ3) is 2.89. The van der Waals surface area contributed by atoms with Crippen molar-refractivity contribution in [3.8, 4) is 0 Å². The Balaban J connectivity index is 0.00000162. The molecule has 2 rings (SSSR count). The van der Waals surface area contributed by atoms with Crippen LogP contribution in [-0.2, 0) is 16.0 Å². The van der Waals surface area contributed by atoms with Gasteiger partial charge in [0.1, 0.15) is 11.8 Å². The van der Waals surface area contributed by atoms with E-state index < -0.39 is 0 Å². The van der Waals surface area contributed by atoms with Gasteiger partial charge in [-0.3, -0.25) is 0 Å². The van der Waals surface area contributed by atoms with Crippen molar-refractivity contribution in [2.45, 2.75) is 12.6 Å². The molecule has 0 amide bonds. The first kappa shape index (κ1) is 14.7. The van der Waals surface area contributed by atoms with E-state index in [1.54, 1.807) is 20.5 Å². The van der Waals surface area contributed by atoms with Gasteiger partial charge in [0.05, 0.1) is 25.6 Å². The van der Waals surface area contributed by atoms with Crippen molar-refractivity contribution in [3.63, 3.8) is 0 Å². The number of nitrogens with two attached hydrogens (primary N) is 1. The molecule has 0 saturated heterocycles. The Kier molecular flexibility index (Phi) is 5.32. The Morgan fingerprint density at radius 2 is 2.11 bits per heavy atom. The molecule has 0 unspecified atom stereocenters. The number of hydrogen-bond donors (Lipinski definition) is 1. The molecule has 0 aromatic carbocycles. The van der Waals surface area contributed by atoms with Crippen LogP contribution in [0, 0.1) is 0 Å². The van der Waals surface area contributed by atoms with Crippen molar-refractivity contribution in [1.82, 2.24) is 19.5 Å². The minimum atomic E-state index is -0.0476. The van der Waals surface area contributed by atoms with Gasteiger partial charge in [-0.15, -0.1) is 0 Å². The predicted molar refractivity (Wildman–Crippen MR) is 72.8 cm³/mol. The van der Waals surface area contributed by atoms with Crippen LogP contribution in [-0.4, -0.2) is 46.4 Å². The molecular formula is C10H17N5O2S. The molecular weight excluding hydrogens is 254 g/mol. The SMILES string of the molecule is COC[C@H](Cn1cnc2c(N)ncnc21)OC.S. The molecule has 8 heteroatoms. The van der Waals surface area contributed by atoms with Gasteiger partial charge in [0.25, 0.3) is 0 Å². The van der Waals surface area contributed by atoms with Crippen molar-refractivity contribution >= 4 is 30.5 Å². The Morgan fingerprint density at radius 1 is 1.33 bits per heavy atom. The molecule has 2 aromatic rings. The lowest BCUT2D eigenvalue weighted by atomic mass is 10.3. The molecule has 0 aliphatic heterocycles. The minimum Gasteiger partial charge on any atom is -0.382 e. The number of hydrogen-bond acceptors (Lipinski definition) is 6. The van der Waals surface area contributed by atoms with Crippen molar-refractivity contribution in [2.24, 2.45) is 0 Å². The molecule has 2 N–H and O–H groups in total. The first-order chi connectivity index (χ1) is 8.26. The lowest BCUT2D eigenvalue weighted by Crippen LogP contribution is -2.23. The molecule has 2 aromatic heterocycles. The van der Waals surface area contributed by atoms with Crippen molar-refractivity contribution in [2.75, 3.05) is 26.6 Å². The zero-order valence-electron chi connectivity index (χ0n) is 10.3. The summed E-state index contributed by atoms with van der Waals surface area (Å²) in [5, 5.41) is 0. The van der Waals surface area contributed by atoms with Crippen LogP contribution in [0.25, 0.3) is 11.2 Å². The van der Waals surface area contributed by atoms with Crippen LogP contribution >= 0.6 is 13.5 Å². The number of methoxy groups -OCH3 is 2. The highest BCUT2D eigenvalue weighted by atomic mass is 32.1. The van der Waals surface area contributed by atoms with Crippen LogP contribution in [0.3, 0.4) is 0 Å². The van der Waals surface area contributed by atoms with Crippen LogP contribution in [0.5, 0.6) is 0 Å². The average Bonchev–Trinajstić information content (AvgIpc) is 2.73. The lowest BCUT2D eigenvalue weighted by Gasteiger charge is -2.14. The summed E-state index contributed by atoms with van der Waals surface area (Å²) in [5.74, 6) is 0.384. The average molecular weight is 271 g/mol. The molecule has 0 radical (unpaired) electrons. The van der Waals surface area contributed by atoms with Gasteiger partial charge in [-0.1, -0.05) is 0 Å². The third-order valence-corrected chi connectivity index (χ3v) is 2.52. The maximum Gasteiger partial charge on any atom is 0.165 e. The van der Waals surface area contributed by atoms with E-state index >= 15 is 0 Å². The Morgan fingerprint density at radius 3 is 2.78 bits per heavy atom. The normalized spacial score (nSPS) is 12.3. The van der Waals surface area contributed by atoms with E-state index in [2.05, 4.69) is 15.0 Å². The molecule has 0 fully saturated rings. The fourth-order valence-electron chi connectivity index (χ4n) is 1.63. The second-order valence-electron chi connectivity index (χ2n) is 3.64. The van der Waals surface area contributed by atoms with E-state index in [0.29, 0.717) is 30.1 Å². The summed E-state index contributed by atoms with van der Waals surface area (Å²) in [6, 6.07) is 0. The zero-order chi connectivity index (χ0) is 12.3. The highest BCUT2D eigenvalue weighted by Gasteiger charge is 2.12. The van der Waals surface area contributed by atoms with Gasteiger partial charge in [0.2, 0.25) is 0 Å². The van der Waals surface area contributed by atoms with E-state index in [-0.39, 0.29) is 19.6 Å². The predicted octanol–water partition coefficient (Wildman–Crippen LogP) is 0.183. The molecule has 2 heterocycles. The van der Waals surface area contributed by atoms with Gasteiger partial charge < -0.3 is 19.8 Å². The summed E-state index contributed by atoms with van der Waals surface area (Å²) in [6.07, 6.45) is 3.05. The van der Waals surface area contributed by atoms with E-state index in [4.69, 9.17) is 15.2 Å². The number of nitrogens with zero attached hydrogens (tertiary/aromatic N) is 4. The van der Waals surface area contributed by atoms with Gasteiger partial charge in [-0.05, 0) is 0 Å². The van der Waals surface area contributed by atoms with Gasteiger partial charge in [0.15, 0.2) is 11.5 Å². The van der Waals surface area contributed by atoms with Crippen LogP contribution in [0.15, 0.2) is 12.7 Å². The van der Waals surface area contributed by atoms with Crippen molar-refractivity contribution in [1.29, 1.82) is 0 Å². The Hall–Kier alpha value is -1.38. The summed E-state index contributed by atoms with van der Waals surface area (Å²) in [6.45, 7) is 1.12. The summed E-state index contributed by atoms with van der Waals surface area (Å²) >= 11 is 0. The standard InChI is InChI=1S/C10H15N5O2.H2S/c1-16-4-7(17-2)3-15-6-14-8-9(11)12-5-13-10(8)15;/h5-7H,3-4H2,1-2H3,(H2,11,12,13);1H2/t7-;/m0./s1. The summed E-state index contributed by atoms with van der Waals surface area (Å²) in [4.78, 5) is 12.2. The molecule has 0 aliphatic carbocycles. The van der Waals surface area contributed by atoms with Gasteiger partial charge in [-0.2, -0.15) is 13.5 Å². The number of aromatic nitrogens is 4. The number of ether oxygens (including phenoxy) is 2. The quantitative estimate of drug-likeness (QED) is 0.834. The summed E-state index contributed by atoms with van der Waals surface area (Å²) in [5.41, 5.74) is 7.02. The molecule has 18 heavy (non-hydrogen) atoms. The second kappa shape index (κ2) is 6.53. The van der Waals surface area contributed by atoms with Gasteiger partial charge in [-0.25, -0.2) is 15.0 Å². The molecule has 7 nitrogen and oxygen atoms in total. The minimum absolute atomic E-state index is 0. The number of rotatable bonds is 5. The molecule has 100 valence electrons. The summed E-state index contributed by atoms with van der Waals surface area (Å²) < 4.78 is 12.2. The molecule has 0 bridgehead atoms. The Bertz CT molecular complexity index is 504. The number of fused-ring (bicyclic) bond motifs is 1. The topological polar surface area (TPSA) is 88.1 Å². The van der Waals surface area contributed by atoms with Crippen LogP contribution < -0.4 is 5.73 Å². The fraction of sp³-hybridized carbons (Fsp3) is 0.500. The maximum atomic E-state index is 5.71. The number of anilines is 1. The van der Waals surface area contributed by atoms with E-state index in [1.807, 2.05) is 4.57 Å². The fourth-order valence-corrected chi connectivity index (χ4v) is 1.63. The monoisotopic (exact) mass is 271 g/mol. The molecule has 1 atom stereocenters. The first-order valence-electron chi connectivity index (χ1n) is 5.19. The largest absolute Gasteiger partial charge is 0.382 e. The zero-order valence-corrected chi connectivity index (χ0v) is 11.3. The van der Waals surface area contributed by atoms with Crippen molar-refractivity contribution < 1.29 is 9.47 Å². The van der Waals surface area contributed by atoms with Crippen LogP contribution in [0.2, 0.25) is 0 Å². The molecule has 0 spiro atoms. The highest BCUT2D eigenvalue weighted by molar-refractivity contribution is 7.59. The molecule has 0 saturated carbocycles. The molecule has 0 aliphatic rings. The van der Waals surface area contributed by atoms with E-state index in [1.165, 1.54) is 6.33 Å². The van der Waals surface area contributed by atoms with Crippen LogP contribution in [0.1, 0.15) is 0 Å². The van der Waals surface area contributed by atoms with E-state index in [9.17, 15) is 0 Å². The van der Waals surface area contributed by atoms with Gasteiger partial charge in [0, 0.05) is 14.2 Å². The second-order valence-corrected chi connectivity index (χ2v) is 3.64. The van der Waals surface area contributed by atoms with Gasteiger partial charge >= 0.3 is 0 Å². The highest BCUT2D eigenvalue weighted by Crippen LogP contribution is 2.14. The summed E-state index contributed by atoms with van der Waals surface area (Å²) in [7, 11) is 3.28. The number of nitrogen functional groups attached to an aromatic ring is 1. The number of imidazole rings is 1. The smallest absolute Gasteiger partial charge is 0.165 e. The van der Waals surface area contributed by atoms with Crippen molar-refractivity contribution in [3.05, 3.63) is 12.7 Å². The maximum absolute atomic E-state index is 5.71. The third-order valence-electron chi connectivity index (χ3n) is 2.52. The lowest BCUT2D eigenvalue weighted by molar-refractivity contribution is 0.0189. The Labute approximate surface area is 112 Å².